The zero-order chi connectivity index (χ0) is 11.5. The molecule has 0 bridgehead atoms. The van der Waals surface area contributed by atoms with Gasteiger partial charge in [0.05, 0.1) is 0 Å². The number of hydrogen-bond acceptors (Lipinski definition) is 3. The molecule has 2 aliphatic rings. The van der Waals surface area contributed by atoms with Gasteiger partial charge in [-0.1, -0.05) is 0 Å². The summed E-state index contributed by atoms with van der Waals surface area (Å²) in [6.07, 6.45) is 2.74. The number of nitrogens with one attached hydrogen (secondary N) is 1. The Morgan fingerprint density at radius 3 is 2.38 bits per heavy atom. The van der Waals surface area contributed by atoms with Crippen molar-refractivity contribution in [1.29, 1.82) is 0 Å². The number of Topliss-reactive ketones (excluding diaryl/α,β-unsaturated/α-hetero) is 1. The summed E-state index contributed by atoms with van der Waals surface area (Å²) < 4.78 is 0. The van der Waals surface area contributed by atoms with Crippen molar-refractivity contribution in [2.45, 2.75) is 26.2 Å². The molecule has 0 aromatic heterocycles. The maximum Gasteiger partial charge on any atom is 0.225 e. The van der Waals surface area contributed by atoms with Crippen LogP contribution in [-0.2, 0) is 9.59 Å². The van der Waals surface area contributed by atoms with Crippen LogP contribution >= 0.6 is 0 Å². The second-order valence-electron chi connectivity index (χ2n) is 4.90. The fourth-order valence-electron chi connectivity index (χ4n) is 2.62. The van der Waals surface area contributed by atoms with Gasteiger partial charge in [0.1, 0.15) is 5.78 Å². The van der Waals surface area contributed by atoms with E-state index in [2.05, 4.69) is 5.32 Å². The average molecular weight is 224 g/mol. The fraction of sp³-hybridized carbons (Fsp3) is 0.833. The highest BCUT2D eigenvalue weighted by molar-refractivity contribution is 5.83. The Morgan fingerprint density at radius 2 is 1.81 bits per heavy atom. The SMILES string of the molecule is CC(=O)C1CCN(C(=O)C2CCNCC2)C1. The summed E-state index contributed by atoms with van der Waals surface area (Å²) in [5, 5.41) is 3.26. The number of nitrogens with zero attached hydrogens (tertiary/aromatic N) is 1. The topological polar surface area (TPSA) is 49.4 Å². The number of ketones is 1. The number of hydrogen-bond donors (Lipinski definition) is 1. The lowest BCUT2D eigenvalue weighted by molar-refractivity contribution is -0.135. The van der Waals surface area contributed by atoms with Gasteiger partial charge >= 0.3 is 0 Å². The highest BCUT2D eigenvalue weighted by Crippen LogP contribution is 2.22. The van der Waals surface area contributed by atoms with Crippen molar-refractivity contribution >= 4 is 11.7 Å². The van der Waals surface area contributed by atoms with Gasteiger partial charge in [-0.2, -0.15) is 0 Å². The van der Waals surface area contributed by atoms with Gasteiger partial charge in [0, 0.05) is 24.9 Å². The molecule has 4 heteroatoms. The number of carbonyl (C=O) groups excluding carboxylic acids is 2. The third kappa shape index (κ3) is 2.43. The molecule has 0 aromatic carbocycles. The number of carbonyl (C=O) groups is 2. The summed E-state index contributed by atoms with van der Waals surface area (Å²) in [5.41, 5.74) is 0. The van der Waals surface area contributed by atoms with Gasteiger partial charge in [0.15, 0.2) is 0 Å². The fourth-order valence-corrected chi connectivity index (χ4v) is 2.62. The summed E-state index contributed by atoms with van der Waals surface area (Å²) >= 11 is 0. The van der Waals surface area contributed by atoms with Gasteiger partial charge < -0.3 is 10.2 Å². The Balaban J connectivity index is 1.88. The maximum atomic E-state index is 12.2. The molecule has 1 amide bonds. The van der Waals surface area contributed by atoms with E-state index in [9.17, 15) is 9.59 Å². The van der Waals surface area contributed by atoms with Crippen molar-refractivity contribution in [2.24, 2.45) is 11.8 Å². The standard InChI is InChI=1S/C12H20N2O2/c1-9(15)11-4-7-14(8-11)12(16)10-2-5-13-6-3-10/h10-11,13H,2-8H2,1H3. The zero-order valence-corrected chi connectivity index (χ0v) is 9.87. The second-order valence-corrected chi connectivity index (χ2v) is 4.90. The molecule has 2 fully saturated rings. The molecule has 4 nitrogen and oxygen atoms in total. The Morgan fingerprint density at radius 1 is 1.12 bits per heavy atom. The van der Waals surface area contributed by atoms with Crippen molar-refractivity contribution in [3.63, 3.8) is 0 Å². The summed E-state index contributed by atoms with van der Waals surface area (Å²) in [4.78, 5) is 25.3. The van der Waals surface area contributed by atoms with E-state index in [1.807, 2.05) is 4.90 Å². The van der Waals surface area contributed by atoms with Crippen LogP contribution in [0.25, 0.3) is 0 Å². The minimum atomic E-state index is 0.0886. The second kappa shape index (κ2) is 4.95. The summed E-state index contributed by atoms with van der Waals surface area (Å²) in [5.74, 6) is 0.767. The van der Waals surface area contributed by atoms with Crippen LogP contribution in [-0.4, -0.2) is 42.8 Å². The molecule has 2 saturated heterocycles. The van der Waals surface area contributed by atoms with Crippen molar-refractivity contribution < 1.29 is 9.59 Å². The maximum absolute atomic E-state index is 12.2. The van der Waals surface area contributed by atoms with Gasteiger partial charge in [0.2, 0.25) is 5.91 Å². The van der Waals surface area contributed by atoms with Gasteiger partial charge in [0.25, 0.3) is 0 Å². The molecule has 0 radical (unpaired) electrons. The quantitative estimate of drug-likeness (QED) is 0.739. The number of piperidine rings is 1. The summed E-state index contributed by atoms with van der Waals surface area (Å²) in [7, 11) is 0. The average Bonchev–Trinajstić information content (AvgIpc) is 2.78. The van der Waals surface area contributed by atoms with Gasteiger partial charge in [-0.3, -0.25) is 9.59 Å². The van der Waals surface area contributed by atoms with Crippen molar-refractivity contribution in [3.8, 4) is 0 Å². The Hall–Kier alpha value is -0.900. The Bertz CT molecular complexity index is 285. The monoisotopic (exact) mass is 224 g/mol. The van der Waals surface area contributed by atoms with Crippen LogP contribution in [0.3, 0.4) is 0 Å². The summed E-state index contributed by atoms with van der Waals surface area (Å²) in [6, 6.07) is 0. The smallest absolute Gasteiger partial charge is 0.225 e. The van der Waals surface area contributed by atoms with Gasteiger partial charge in [-0.15, -0.1) is 0 Å². The molecule has 2 heterocycles. The molecule has 0 aromatic rings. The molecule has 2 rings (SSSR count). The van der Waals surface area contributed by atoms with E-state index in [-0.39, 0.29) is 23.5 Å². The van der Waals surface area contributed by atoms with E-state index in [0.717, 1.165) is 38.9 Å². The van der Waals surface area contributed by atoms with Crippen LogP contribution in [0.4, 0.5) is 0 Å². The van der Waals surface area contributed by atoms with E-state index < -0.39 is 0 Å². The molecule has 2 aliphatic heterocycles. The molecule has 0 spiro atoms. The van der Waals surface area contributed by atoms with Crippen LogP contribution in [0.1, 0.15) is 26.2 Å². The van der Waals surface area contributed by atoms with Crippen molar-refractivity contribution in [3.05, 3.63) is 0 Å². The minimum absolute atomic E-state index is 0.0886. The molecule has 16 heavy (non-hydrogen) atoms. The zero-order valence-electron chi connectivity index (χ0n) is 9.87. The molecular weight excluding hydrogens is 204 g/mol. The Kier molecular flexibility index (Phi) is 3.59. The summed E-state index contributed by atoms with van der Waals surface area (Å²) in [6.45, 7) is 4.94. The molecule has 1 N–H and O–H groups in total. The number of likely N-dealkylation sites (tertiary alicyclic amines) is 1. The first kappa shape index (κ1) is 11.6. The molecule has 0 saturated carbocycles. The van der Waals surface area contributed by atoms with E-state index in [4.69, 9.17) is 0 Å². The third-order valence-electron chi connectivity index (χ3n) is 3.76. The highest BCUT2D eigenvalue weighted by atomic mass is 16.2. The van der Waals surface area contributed by atoms with Crippen LogP contribution in [0.2, 0.25) is 0 Å². The lowest BCUT2D eigenvalue weighted by Gasteiger charge is -2.26. The first-order valence-corrected chi connectivity index (χ1v) is 6.18. The highest BCUT2D eigenvalue weighted by Gasteiger charge is 2.32. The number of amides is 1. The van der Waals surface area contributed by atoms with E-state index in [1.165, 1.54) is 0 Å². The first-order valence-electron chi connectivity index (χ1n) is 6.18. The van der Waals surface area contributed by atoms with Gasteiger partial charge in [-0.25, -0.2) is 0 Å². The van der Waals surface area contributed by atoms with E-state index >= 15 is 0 Å². The molecule has 90 valence electrons. The van der Waals surface area contributed by atoms with Crippen molar-refractivity contribution in [2.75, 3.05) is 26.2 Å². The predicted molar refractivity (Wildman–Crippen MR) is 61.0 cm³/mol. The number of rotatable bonds is 2. The largest absolute Gasteiger partial charge is 0.342 e. The van der Waals surface area contributed by atoms with Crippen LogP contribution < -0.4 is 5.32 Å². The van der Waals surface area contributed by atoms with E-state index in [0.29, 0.717) is 6.54 Å². The molecular formula is C12H20N2O2. The van der Waals surface area contributed by atoms with Gasteiger partial charge in [-0.05, 0) is 39.3 Å². The minimum Gasteiger partial charge on any atom is -0.342 e. The predicted octanol–water partition coefficient (Wildman–Crippen LogP) is 0.424. The van der Waals surface area contributed by atoms with E-state index in [1.54, 1.807) is 6.92 Å². The van der Waals surface area contributed by atoms with Crippen LogP contribution in [0.15, 0.2) is 0 Å². The normalized spacial score (nSPS) is 27.1. The molecule has 1 unspecified atom stereocenters. The lowest BCUT2D eigenvalue weighted by Crippen LogP contribution is -2.40. The van der Waals surface area contributed by atoms with Crippen LogP contribution in [0, 0.1) is 11.8 Å². The van der Waals surface area contributed by atoms with Crippen LogP contribution in [0.5, 0.6) is 0 Å². The lowest BCUT2D eigenvalue weighted by atomic mass is 9.96. The molecule has 1 atom stereocenters. The third-order valence-corrected chi connectivity index (χ3v) is 3.76. The Labute approximate surface area is 96.4 Å². The molecule has 0 aliphatic carbocycles. The first-order chi connectivity index (χ1) is 7.68. The van der Waals surface area contributed by atoms with Crippen molar-refractivity contribution in [1.82, 2.24) is 10.2 Å².